The molecule has 4 nitrogen and oxygen atoms in total. The topological polar surface area (TPSA) is 43.4 Å². The van der Waals surface area contributed by atoms with Gasteiger partial charge in [-0.1, -0.05) is 6.92 Å². The van der Waals surface area contributed by atoms with Gasteiger partial charge in [-0.2, -0.15) is 0 Å². The molecule has 0 atom stereocenters. The van der Waals surface area contributed by atoms with Crippen molar-refractivity contribution in [2.45, 2.75) is 26.7 Å². The predicted molar refractivity (Wildman–Crippen MR) is 92.1 cm³/mol. The zero-order valence-electron chi connectivity index (χ0n) is 13.5. The number of nitrogens with one attached hydrogen (secondary N) is 1. The van der Waals surface area contributed by atoms with Gasteiger partial charge in [-0.3, -0.25) is 0 Å². The van der Waals surface area contributed by atoms with Gasteiger partial charge in [-0.25, -0.2) is 4.98 Å². The first-order valence-corrected chi connectivity index (χ1v) is 8.62. The van der Waals surface area contributed by atoms with E-state index in [1.54, 1.807) is 18.4 Å². The van der Waals surface area contributed by atoms with Crippen LogP contribution < -0.4 is 14.8 Å². The van der Waals surface area contributed by atoms with Crippen LogP contribution in [0.25, 0.3) is 10.6 Å². The first-order chi connectivity index (χ1) is 10.8. The number of rotatable bonds is 9. The van der Waals surface area contributed by atoms with Crippen molar-refractivity contribution in [2.24, 2.45) is 0 Å². The van der Waals surface area contributed by atoms with Gasteiger partial charge in [0.25, 0.3) is 0 Å². The standard InChI is InChI=1S/C17H24N2O2S/c1-4-9-18-10-8-14-12-22-17(19-14)13-6-7-15(21-5-2)16(11-13)20-3/h6-7,11-12,18H,4-5,8-10H2,1-3H3. The van der Waals surface area contributed by atoms with Crippen LogP contribution in [0.5, 0.6) is 11.5 Å². The van der Waals surface area contributed by atoms with Crippen molar-refractivity contribution in [1.82, 2.24) is 10.3 Å². The van der Waals surface area contributed by atoms with Crippen LogP contribution in [0.2, 0.25) is 0 Å². The van der Waals surface area contributed by atoms with Crippen LogP contribution in [0.4, 0.5) is 0 Å². The molecule has 0 bridgehead atoms. The summed E-state index contributed by atoms with van der Waals surface area (Å²) in [5.74, 6) is 1.52. The molecule has 5 heteroatoms. The molecule has 0 amide bonds. The number of aromatic nitrogens is 1. The van der Waals surface area contributed by atoms with E-state index in [0.29, 0.717) is 6.61 Å². The fourth-order valence-corrected chi connectivity index (χ4v) is 3.00. The summed E-state index contributed by atoms with van der Waals surface area (Å²) >= 11 is 1.67. The minimum atomic E-state index is 0.627. The Kier molecular flexibility index (Phi) is 6.68. The third-order valence-electron chi connectivity index (χ3n) is 3.25. The summed E-state index contributed by atoms with van der Waals surface area (Å²) in [4.78, 5) is 4.71. The van der Waals surface area contributed by atoms with Gasteiger partial charge in [0.1, 0.15) is 5.01 Å². The molecule has 0 aliphatic heterocycles. The molecule has 0 unspecified atom stereocenters. The van der Waals surface area contributed by atoms with Gasteiger partial charge >= 0.3 is 0 Å². The highest BCUT2D eigenvalue weighted by Crippen LogP contribution is 2.33. The second kappa shape index (κ2) is 8.76. The van der Waals surface area contributed by atoms with Gasteiger partial charge in [0.2, 0.25) is 0 Å². The van der Waals surface area contributed by atoms with Gasteiger partial charge in [-0.15, -0.1) is 11.3 Å². The Hall–Kier alpha value is -1.59. The van der Waals surface area contributed by atoms with E-state index in [2.05, 4.69) is 17.6 Å². The summed E-state index contributed by atoms with van der Waals surface area (Å²) in [6.07, 6.45) is 2.12. The highest BCUT2D eigenvalue weighted by atomic mass is 32.1. The molecule has 22 heavy (non-hydrogen) atoms. The van der Waals surface area contributed by atoms with Crippen molar-refractivity contribution in [3.8, 4) is 22.1 Å². The van der Waals surface area contributed by atoms with Crippen LogP contribution in [-0.4, -0.2) is 31.8 Å². The molecule has 1 N–H and O–H groups in total. The summed E-state index contributed by atoms with van der Waals surface area (Å²) in [5.41, 5.74) is 2.20. The van der Waals surface area contributed by atoms with E-state index in [0.717, 1.165) is 53.7 Å². The smallest absolute Gasteiger partial charge is 0.161 e. The van der Waals surface area contributed by atoms with Crippen molar-refractivity contribution < 1.29 is 9.47 Å². The molecule has 0 spiro atoms. The molecular weight excluding hydrogens is 296 g/mol. The maximum Gasteiger partial charge on any atom is 0.161 e. The first kappa shape index (κ1) is 16.8. The molecule has 0 aliphatic carbocycles. The fourth-order valence-electron chi connectivity index (χ4n) is 2.15. The van der Waals surface area contributed by atoms with E-state index < -0.39 is 0 Å². The van der Waals surface area contributed by atoms with E-state index in [1.165, 1.54) is 0 Å². The second-order valence-corrected chi connectivity index (χ2v) is 5.80. The van der Waals surface area contributed by atoms with E-state index in [4.69, 9.17) is 14.5 Å². The van der Waals surface area contributed by atoms with E-state index in [-0.39, 0.29) is 0 Å². The molecule has 1 aromatic heterocycles. The summed E-state index contributed by atoms with van der Waals surface area (Å²) in [6, 6.07) is 5.97. The normalized spacial score (nSPS) is 10.7. The number of nitrogens with zero attached hydrogens (tertiary/aromatic N) is 1. The quantitative estimate of drug-likeness (QED) is 0.715. The number of thiazole rings is 1. The van der Waals surface area contributed by atoms with Gasteiger partial charge in [0.05, 0.1) is 19.4 Å². The largest absolute Gasteiger partial charge is 0.493 e. The monoisotopic (exact) mass is 320 g/mol. The zero-order valence-corrected chi connectivity index (χ0v) is 14.3. The lowest BCUT2D eigenvalue weighted by atomic mass is 10.2. The molecule has 120 valence electrons. The van der Waals surface area contributed by atoms with Crippen molar-refractivity contribution in [3.05, 3.63) is 29.3 Å². The van der Waals surface area contributed by atoms with Gasteiger partial charge in [0.15, 0.2) is 11.5 Å². The Morgan fingerprint density at radius 1 is 1.18 bits per heavy atom. The number of hydrogen-bond donors (Lipinski definition) is 1. The zero-order chi connectivity index (χ0) is 15.8. The summed E-state index contributed by atoms with van der Waals surface area (Å²) in [6.45, 7) is 6.80. The van der Waals surface area contributed by atoms with Gasteiger partial charge in [-0.05, 0) is 38.1 Å². The molecule has 2 rings (SSSR count). The third-order valence-corrected chi connectivity index (χ3v) is 4.19. The SMILES string of the molecule is CCCNCCc1csc(-c2ccc(OCC)c(OC)c2)n1. The maximum atomic E-state index is 5.55. The van der Waals surface area contributed by atoms with Crippen LogP contribution in [0.1, 0.15) is 26.0 Å². The first-order valence-electron chi connectivity index (χ1n) is 7.74. The maximum absolute atomic E-state index is 5.55. The number of methoxy groups -OCH3 is 1. The van der Waals surface area contributed by atoms with Crippen molar-refractivity contribution in [1.29, 1.82) is 0 Å². The number of hydrogen-bond acceptors (Lipinski definition) is 5. The molecule has 0 saturated heterocycles. The molecule has 0 aliphatic rings. The van der Waals surface area contributed by atoms with Crippen LogP contribution >= 0.6 is 11.3 Å². The van der Waals surface area contributed by atoms with Gasteiger partial charge in [0, 0.05) is 23.9 Å². The highest BCUT2D eigenvalue weighted by molar-refractivity contribution is 7.13. The Morgan fingerprint density at radius 2 is 2.05 bits per heavy atom. The lowest BCUT2D eigenvalue weighted by molar-refractivity contribution is 0.311. The molecule has 1 aromatic carbocycles. The lowest BCUT2D eigenvalue weighted by Gasteiger charge is -2.09. The fraction of sp³-hybridized carbons (Fsp3) is 0.471. The van der Waals surface area contributed by atoms with Gasteiger partial charge < -0.3 is 14.8 Å². The third kappa shape index (κ3) is 4.45. The Bertz CT molecular complexity index is 584. The predicted octanol–water partition coefficient (Wildman–Crippen LogP) is 3.76. The number of ether oxygens (including phenoxy) is 2. The molecular formula is C17H24N2O2S. The molecule has 1 heterocycles. The van der Waals surface area contributed by atoms with E-state index in [9.17, 15) is 0 Å². The molecule has 2 aromatic rings. The van der Waals surface area contributed by atoms with Crippen LogP contribution in [0.15, 0.2) is 23.6 Å². The van der Waals surface area contributed by atoms with Crippen LogP contribution in [0.3, 0.4) is 0 Å². The van der Waals surface area contributed by atoms with Crippen molar-refractivity contribution in [3.63, 3.8) is 0 Å². The average Bonchev–Trinajstić information content (AvgIpc) is 3.01. The summed E-state index contributed by atoms with van der Waals surface area (Å²) < 4.78 is 11.0. The second-order valence-electron chi connectivity index (χ2n) is 4.94. The highest BCUT2D eigenvalue weighted by Gasteiger charge is 2.10. The minimum Gasteiger partial charge on any atom is -0.493 e. The summed E-state index contributed by atoms with van der Waals surface area (Å²) in [5, 5.41) is 6.55. The summed E-state index contributed by atoms with van der Waals surface area (Å²) in [7, 11) is 1.66. The molecule has 0 saturated carbocycles. The molecule has 0 radical (unpaired) electrons. The average molecular weight is 320 g/mol. The van der Waals surface area contributed by atoms with Crippen LogP contribution in [-0.2, 0) is 6.42 Å². The van der Waals surface area contributed by atoms with Crippen molar-refractivity contribution in [2.75, 3.05) is 26.8 Å². The van der Waals surface area contributed by atoms with E-state index in [1.807, 2.05) is 25.1 Å². The minimum absolute atomic E-state index is 0.627. The Morgan fingerprint density at radius 3 is 2.77 bits per heavy atom. The lowest BCUT2D eigenvalue weighted by Crippen LogP contribution is -2.17. The number of benzene rings is 1. The Balaban J connectivity index is 2.06. The van der Waals surface area contributed by atoms with E-state index >= 15 is 0 Å². The Labute approximate surface area is 136 Å². The van der Waals surface area contributed by atoms with Crippen molar-refractivity contribution >= 4 is 11.3 Å². The van der Waals surface area contributed by atoms with Crippen LogP contribution in [0, 0.1) is 0 Å². The molecule has 0 fully saturated rings.